The maximum absolute atomic E-state index is 5.82. The Bertz CT molecular complexity index is 508. The minimum atomic E-state index is 0.539. The zero-order chi connectivity index (χ0) is 12.3. The third kappa shape index (κ3) is 2.92. The van der Waals surface area contributed by atoms with Crippen LogP contribution >= 0.6 is 11.6 Å². The lowest BCUT2D eigenvalue weighted by Gasteiger charge is -2.09. The molecular weight excluding hydrogens is 234 g/mol. The van der Waals surface area contributed by atoms with Crippen LogP contribution in [0, 0.1) is 0 Å². The molecule has 0 aromatic heterocycles. The van der Waals surface area contributed by atoms with Gasteiger partial charge in [0.1, 0.15) is 11.5 Å². The van der Waals surface area contributed by atoms with Crippen molar-refractivity contribution in [3.05, 3.63) is 53.1 Å². The van der Waals surface area contributed by atoms with Gasteiger partial charge in [0.25, 0.3) is 0 Å². The molecule has 0 saturated heterocycles. The maximum atomic E-state index is 5.82. The predicted octanol–water partition coefficient (Wildman–Crippen LogP) is 4.28. The maximum Gasteiger partial charge on any atom is 0.150 e. The summed E-state index contributed by atoms with van der Waals surface area (Å²) in [6.07, 6.45) is 1.02. The Kier molecular flexibility index (Phi) is 3.55. The van der Waals surface area contributed by atoms with Crippen molar-refractivity contribution in [2.75, 3.05) is 5.73 Å². The number of anilines is 1. The normalized spacial score (nSPS) is 10.2. The van der Waals surface area contributed by atoms with E-state index in [9.17, 15) is 0 Å². The molecule has 0 atom stereocenters. The number of nitrogen functional groups attached to an aromatic ring is 1. The van der Waals surface area contributed by atoms with Crippen molar-refractivity contribution >= 4 is 17.3 Å². The molecule has 0 saturated carbocycles. The van der Waals surface area contributed by atoms with Gasteiger partial charge in [-0.15, -0.1) is 0 Å². The second-order valence-corrected chi connectivity index (χ2v) is 4.22. The summed E-state index contributed by atoms with van der Waals surface area (Å²) >= 11 is 5.82. The SMILES string of the molecule is CCc1ccc(Oc2ccc(Cl)cc2N)cc1. The van der Waals surface area contributed by atoms with Crippen molar-refractivity contribution in [1.82, 2.24) is 0 Å². The number of benzene rings is 2. The van der Waals surface area contributed by atoms with Crippen LogP contribution in [0.2, 0.25) is 5.02 Å². The van der Waals surface area contributed by atoms with Crippen molar-refractivity contribution in [2.24, 2.45) is 0 Å². The lowest BCUT2D eigenvalue weighted by Crippen LogP contribution is -1.92. The van der Waals surface area contributed by atoms with E-state index in [-0.39, 0.29) is 0 Å². The summed E-state index contributed by atoms with van der Waals surface area (Å²) < 4.78 is 5.68. The first kappa shape index (κ1) is 11.8. The number of hydrogen-bond acceptors (Lipinski definition) is 2. The highest BCUT2D eigenvalue weighted by atomic mass is 35.5. The van der Waals surface area contributed by atoms with Crippen LogP contribution in [0.1, 0.15) is 12.5 Å². The van der Waals surface area contributed by atoms with Crippen LogP contribution in [0.5, 0.6) is 11.5 Å². The number of aryl methyl sites for hydroxylation is 1. The molecule has 0 amide bonds. The predicted molar refractivity (Wildman–Crippen MR) is 71.8 cm³/mol. The summed E-state index contributed by atoms with van der Waals surface area (Å²) in [5, 5.41) is 0.608. The summed E-state index contributed by atoms with van der Waals surface area (Å²) in [6.45, 7) is 2.12. The minimum absolute atomic E-state index is 0.539. The van der Waals surface area contributed by atoms with Crippen LogP contribution in [-0.2, 0) is 6.42 Å². The van der Waals surface area contributed by atoms with Crippen LogP contribution in [0.15, 0.2) is 42.5 Å². The van der Waals surface area contributed by atoms with E-state index in [4.69, 9.17) is 22.1 Å². The van der Waals surface area contributed by atoms with Crippen molar-refractivity contribution in [1.29, 1.82) is 0 Å². The molecule has 0 radical (unpaired) electrons. The Balaban J connectivity index is 2.19. The van der Waals surface area contributed by atoms with Gasteiger partial charge in [-0.05, 0) is 42.3 Å². The zero-order valence-corrected chi connectivity index (χ0v) is 10.4. The zero-order valence-electron chi connectivity index (χ0n) is 9.61. The third-order valence-corrected chi connectivity index (χ3v) is 2.77. The molecule has 0 fully saturated rings. The lowest BCUT2D eigenvalue weighted by atomic mass is 10.2. The van der Waals surface area contributed by atoms with Gasteiger partial charge in [-0.3, -0.25) is 0 Å². The number of hydrogen-bond donors (Lipinski definition) is 1. The van der Waals surface area contributed by atoms with Gasteiger partial charge in [-0.2, -0.15) is 0 Å². The molecule has 2 N–H and O–H groups in total. The van der Waals surface area contributed by atoms with Crippen molar-refractivity contribution < 1.29 is 4.74 Å². The second-order valence-electron chi connectivity index (χ2n) is 3.78. The molecule has 2 rings (SSSR count). The smallest absolute Gasteiger partial charge is 0.150 e. The second kappa shape index (κ2) is 5.11. The highest BCUT2D eigenvalue weighted by Gasteiger charge is 2.02. The fraction of sp³-hybridized carbons (Fsp3) is 0.143. The molecule has 0 aliphatic heterocycles. The van der Waals surface area contributed by atoms with Crippen molar-refractivity contribution in [3.8, 4) is 11.5 Å². The highest BCUT2D eigenvalue weighted by Crippen LogP contribution is 2.29. The van der Waals surface area contributed by atoms with Gasteiger partial charge in [0, 0.05) is 5.02 Å². The summed E-state index contributed by atoms with van der Waals surface area (Å²) in [6, 6.07) is 13.2. The van der Waals surface area contributed by atoms with Gasteiger partial charge >= 0.3 is 0 Å². The average molecular weight is 248 g/mol. The molecule has 0 unspecified atom stereocenters. The molecular formula is C14H14ClNO. The first-order valence-electron chi connectivity index (χ1n) is 5.51. The largest absolute Gasteiger partial charge is 0.455 e. The van der Waals surface area contributed by atoms with E-state index in [0.29, 0.717) is 16.5 Å². The molecule has 0 heterocycles. The van der Waals surface area contributed by atoms with Gasteiger partial charge in [-0.25, -0.2) is 0 Å². The summed E-state index contributed by atoms with van der Waals surface area (Å²) in [7, 11) is 0. The van der Waals surface area contributed by atoms with Gasteiger partial charge < -0.3 is 10.5 Å². The Labute approximate surface area is 106 Å². The Morgan fingerprint density at radius 1 is 1.12 bits per heavy atom. The highest BCUT2D eigenvalue weighted by molar-refractivity contribution is 6.30. The third-order valence-electron chi connectivity index (χ3n) is 2.53. The van der Waals surface area contributed by atoms with E-state index < -0.39 is 0 Å². The standard InChI is InChI=1S/C14H14ClNO/c1-2-10-3-6-12(7-4-10)17-14-8-5-11(15)9-13(14)16/h3-9H,2,16H2,1H3. The van der Waals surface area contributed by atoms with Crippen LogP contribution in [0.4, 0.5) is 5.69 Å². The molecule has 0 aliphatic rings. The molecule has 2 aromatic rings. The molecule has 3 heteroatoms. The fourth-order valence-corrected chi connectivity index (χ4v) is 1.71. The topological polar surface area (TPSA) is 35.2 Å². The van der Waals surface area contributed by atoms with Crippen LogP contribution in [-0.4, -0.2) is 0 Å². The summed E-state index contributed by atoms with van der Waals surface area (Å²) in [5.41, 5.74) is 7.63. The van der Waals surface area contributed by atoms with Crippen LogP contribution in [0.25, 0.3) is 0 Å². The van der Waals surface area contributed by atoms with Gasteiger partial charge in [0.15, 0.2) is 0 Å². The first-order valence-corrected chi connectivity index (χ1v) is 5.88. The first-order chi connectivity index (χ1) is 8.19. The van der Waals surface area contributed by atoms with Gasteiger partial charge in [0.2, 0.25) is 0 Å². The molecule has 0 aliphatic carbocycles. The van der Waals surface area contributed by atoms with Crippen molar-refractivity contribution in [3.63, 3.8) is 0 Å². The van der Waals surface area contributed by atoms with E-state index in [1.807, 2.05) is 24.3 Å². The van der Waals surface area contributed by atoms with E-state index in [0.717, 1.165) is 12.2 Å². The van der Waals surface area contributed by atoms with E-state index in [1.54, 1.807) is 18.2 Å². The van der Waals surface area contributed by atoms with Gasteiger partial charge in [0.05, 0.1) is 5.69 Å². The van der Waals surface area contributed by atoms with Gasteiger partial charge in [-0.1, -0.05) is 30.7 Å². The average Bonchev–Trinajstić information content (AvgIpc) is 2.34. The van der Waals surface area contributed by atoms with E-state index in [2.05, 4.69) is 6.92 Å². The lowest BCUT2D eigenvalue weighted by molar-refractivity contribution is 0.485. The molecule has 2 aromatic carbocycles. The monoisotopic (exact) mass is 247 g/mol. The number of nitrogens with two attached hydrogens (primary N) is 1. The van der Waals surface area contributed by atoms with E-state index >= 15 is 0 Å². The molecule has 88 valence electrons. The quantitative estimate of drug-likeness (QED) is 0.822. The molecule has 17 heavy (non-hydrogen) atoms. The fourth-order valence-electron chi connectivity index (χ4n) is 1.53. The Morgan fingerprint density at radius 2 is 1.82 bits per heavy atom. The van der Waals surface area contributed by atoms with Crippen molar-refractivity contribution in [2.45, 2.75) is 13.3 Å². The Hall–Kier alpha value is -1.67. The molecule has 0 bridgehead atoms. The van der Waals surface area contributed by atoms with E-state index in [1.165, 1.54) is 5.56 Å². The molecule has 2 nitrogen and oxygen atoms in total. The Morgan fingerprint density at radius 3 is 2.41 bits per heavy atom. The number of ether oxygens (including phenoxy) is 1. The minimum Gasteiger partial charge on any atom is -0.455 e. The number of halogens is 1. The summed E-state index contributed by atoms with van der Waals surface area (Å²) in [4.78, 5) is 0. The number of rotatable bonds is 3. The van der Waals surface area contributed by atoms with Crippen LogP contribution in [0.3, 0.4) is 0 Å². The van der Waals surface area contributed by atoms with Crippen LogP contribution < -0.4 is 10.5 Å². The summed E-state index contributed by atoms with van der Waals surface area (Å²) in [5.74, 6) is 1.40. The molecule has 0 spiro atoms.